The molecule has 0 saturated carbocycles. The Hall–Kier alpha value is -2.07. The predicted octanol–water partition coefficient (Wildman–Crippen LogP) is 1.08. The first-order valence-corrected chi connectivity index (χ1v) is 7.91. The van der Waals surface area contributed by atoms with Crippen molar-refractivity contribution in [2.24, 2.45) is 17.9 Å². The highest BCUT2D eigenvalue weighted by Crippen LogP contribution is 2.25. The first kappa shape index (κ1) is 15.3. The number of hydrogen-bond donors (Lipinski definition) is 3. The lowest BCUT2D eigenvalue weighted by atomic mass is 10.3. The van der Waals surface area contributed by atoms with Gasteiger partial charge in [0.05, 0.1) is 11.8 Å². The molecule has 1 aromatic heterocycles. The molecular weight excluding hydrogens is 362 g/mol. The van der Waals surface area contributed by atoms with Crippen LogP contribution in [0.3, 0.4) is 0 Å². The number of aromatic nitrogens is 2. The molecule has 0 spiro atoms. The van der Waals surface area contributed by atoms with E-state index in [-0.39, 0.29) is 22.1 Å². The third-order valence-electron chi connectivity index (χ3n) is 2.68. The number of nitrogens with two attached hydrogens (primary N) is 1. The van der Waals surface area contributed by atoms with Gasteiger partial charge in [0.2, 0.25) is 0 Å². The summed E-state index contributed by atoms with van der Waals surface area (Å²) in [6.07, 6.45) is 1.30. The van der Waals surface area contributed by atoms with Crippen molar-refractivity contribution in [1.82, 2.24) is 9.78 Å². The van der Waals surface area contributed by atoms with E-state index in [1.54, 1.807) is 18.2 Å². The smallest absolute Gasteiger partial charge is 0.264 e. The molecule has 0 saturated heterocycles. The second-order valence-corrected chi connectivity index (χ2v) is 6.56. The highest BCUT2D eigenvalue weighted by molar-refractivity contribution is 9.10. The van der Waals surface area contributed by atoms with Crippen LogP contribution in [0.5, 0.6) is 0 Å². The van der Waals surface area contributed by atoms with Gasteiger partial charge in [0.1, 0.15) is 10.7 Å². The number of benzene rings is 1. The first-order chi connectivity index (χ1) is 9.86. The van der Waals surface area contributed by atoms with E-state index >= 15 is 0 Å². The average Bonchev–Trinajstić information content (AvgIpc) is 2.79. The fraction of sp³-hybridized carbons (Fsp3) is 0.0909. The van der Waals surface area contributed by atoms with Gasteiger partial charge in [-0.2, -0.15) is 5.10 Å². The van der Waals surface area contributed by atoms with Gasteiger partial charge in [-0.05, 0) is 28.1 Å². The zero-order valence-electron chi connectivity index (χ0n) is 10.9. The fourth-order valence-electron chi connectivity index (χ4n) is 1.64. The van der Waals surface area contributed by atoms with Crippen LogP contribution in [0.4, 0.5) is 5.82 Å². The number of rotatable bonds is 4. The molecule has 1 aromatic carbocycles. The van der Waals surface area contributed by atoms with Crippen molar-refractivity contribution in [3.8, 4) is 0 Å². The molecule has 2 aromatic rings. The van der Waals surface area contributed by atoms with Gasteiger partial charge in [-0.15, -0.1) is 0 Å². The lowest BCUT2D eigenvalue weighted by Crippen LogP contribution is -2.20. The molecule has 0 aliphatic carbocycles. The lowest BCUT2D eigenvalue weighted by molar-refractivity contribution is 0.318. The van der Waals surface area contributed by atoms with Crippen LogP contribution in [0.25, 0.3) is 0 Å². The maximum atomic E-state index is 12.4. The van der Waals surface area contributed by atoms with E-state index in [0.29, 0.717) is 4.47 Å². The first-order valence-electron chi connectivity index (χ1n) is 5.64. The van der Waals surface area contributed by atoms with Crippen molar-refractivity contribution in [3.63, 3.8) is 0 Å². The van der Waals surface area contributed by atoms with Crippen LogP contribution in [0, 0.1) is 0 Å². The number of sulfonamides is 1. The third-order valence-corrected chi connectivity index (χ3v) is 5.03. The molecule has 1 heterocycles. The normalized spacial score (nSPS) is 12.4. The summed E-state index contributed by atoms with van der Waals surface area (Å²) < 4.78 is 28.9. The van der Waals surface area contributed by atoms with Gasteiger partial charge in [0.25, 0.3) is 10.0 Å². The molecule has 0 fully saturated rings. The van der Waals surface area contributed by atoms with E-state index in [1.807, 2.05) is 0 Å². The standard InChI is InChI=1S/C11H12BrN5O3S/c1-17-11(7(6-14-17)10(13)15-18)16-21(19,20)9-5-3-2-4-8(9)12/h2-6,16,18H,1H3,(H2,13,15). The maximum Gasteiger partial charge on any atom is 0.264 e. The Morgan fingerprint density at radius 1 is 1.48 bits per heavy atom. The quantitative estimate of drug-likeness (QED) is 0.320. The predicted molar refractivity (Wildman–Crippen MR) is 80.7 cm³/mol. The van der Waals surface area contributed by atoms with Gasteiger partial charge >= 0.3 is 0 Å². The Labute approximate surface area is 129 Å². The molecule has 0 aliphatic rings. The van der Waals surface area contributed by atoms with Gasteiger partial charge < -0.3 is 10.9 Å². The number of oxime groups is 1. The Kier molecular flexibility index (Phi) is 4.19. The molecule has 0 atom stereocenters. The fourth-order valence-corrected chi connectivity index (χ4v) is 3.76. The van der Waals surface area contributed by atoms with Crippen LogP contribution in [0.1, 0.15) is 5.56 Å². The highest BCUT2D eigenvalue weighted by atomic mass is 79.9. The minimum Gasteiger partial charge on any atom is -0.409 e. The Bertz CT molecular complexity index is 800. The summed E-state index contributed by atoms with van der Waals surface area (Å²) in [5.41, 5.74) is 5.67. The molecule has 0 unspecified atom stereocenters. The van der Waals surface area contributed by atoms with Crippen molar-refractivity contribution in [2.75, 3.05) is 4.72 Å². The number of hydrogen-bond acceptors (Lipinski definition) is 5. The Balaban J connectivity index is 2.48. The van der Waals surface area contributed by atoms with Gasteiger partial charge in [0, 0.05) is 11.5 Å². The monoisotopic (exact) mass is 373 g/mol. The molecule has 112 valence electrons. The van der Waals surface area contributed by atoms with Crippen LogP contribution < -0.4 is 10.5 Å². The number of anilines is 1. The largest absolute Gasteiger partial charge is 0.409 e. The minimum atomic E-state index is -3.85. The summed E-state index contributed by atoms with van der Waals surface area (Å²) in [6, 6.07) is 6.37. The molecule has 4 N–H and O–H groups in total. The molecular formula is C11H12BrN5O3S. The number of nitrogens with zero attached hydrogens (tertiary/aromatic N) is 3. The molecule has 0 radical (unpaired) electrons. The Morgan fingerprint density at radius 3 is 2.76 bits per heavy atom. The van der Waals surface area contributed by atoms with Crippen LogP contribution in [0.2, 0.25) is 0 Å². The minimum absolute atomic E-state index is 0.0664. The van der Waals surface area contributed by atoms with Gasteiger partial charge in [0.15, 0.2) is 5.84 Å². The van der Waals surface area contributed by atoms with Crippen molar-refractivity contribution < 1.29 is 13.6 Å². The van der Waals surface area contributed by atoms with Crippen molar-refractivity contribution >= 4 is 37.6 Å². The topological polar surface area (TPSA) is 123 Å². The van der Waals surface area contributed by atoms with Crippen LogP contribution in [-0.2, 0) is 17.1 Å². The Morgan fingerprint density at radius 2 is 2.14 bits per heavy atom. The SMILES string of the molecule is Cn1ncc(C(N)=NO)c1NS(=O)(=O)c1ccccc1Br. The maximum absolute atomic E-state index is 12.4. The van der Waals surface area contributed by atoms with E-state index in [0.717, 1.165) is 0 Å². The van der Waals surface area contributed by atoms with E-state index in [9.17, 15) is 8.42 Å². The van der Waals surface area contributed by atoms with Crippen LogP contribution in [0.15, 0.2) is 45.0 Å². The second-order valence-electron chi connectivity index (χ2n) is 4.05. The second kappa shape index (κ2) is 5.74. The summed E-state index contributed by atoms with van der Waals surface area (Å²) in [5.74, 6) is -0.144. The molecule has 0 bridgehead atoms. The summed E-state index contributed by atoms with van der Waals surface area (Å²) in [7, 11) is -2.32. The van der Waals surface area contributed by atoms with E-state index in [1.165, 1.54) is 24.0 Å². The van der Waals surface area contributed by atoms with Gasteiger partial charge in [-0.1, -0.05) is 17.3 Å². The molecule has 10 heteroatoms. The number of amidine groups is 1. The molecule has 0 amide bonds. The van der Waals surface area contributed by atoms with Crippen molar-refractivity contribution in [2.45, 2.75) is 4.90 Å². The number of aryl methyl sites for hydroxylation is 1. The van der Waals surface area contributed by atoms with Crippen molar-refractivity contribution in [3.05, 3.63) is 40.5 Å². The third kappa shape index (κ3) is 3.00. The zero-order chi connectivity index (χ0) is 15.6. The van der Waals surface area contributed by atoms with Crippen LogP contribution in [-0.4, -0.2) is 29.2 Å². The molecule has 0 aliphatic heterocycles. The summed E-state index contributed by atoms with van der Waals surface area (Å²) >= 11 is 3.19. The number of halogens is 1. The van der Waals surface area contributed by atoms with Crippen LogP contribution >= 0.6 is 15.9 Å². The van der Waals surface area contributed by atoms with E-state index < -0.39 is 10.0 Å². The zero-order valence-corrected chi connectivity index (χ0v) is 13.3. The molecule has 2 rings (SSSR count). The summed E-state index contributed by atoms with van der Waals surface area (Å²) in [4.78, 5) is 0.0664. The highest BCUT2D eigenvalue weighted by Gasteiger charge is 2.22. The lowest BCUT2D eigenvalue weighted by Gasteiger charge is -2.11. The van der Waals surface area contributed by atoms with E-state index in [4.69, 9.17) is 10.9 Å². The summed E-state index contributed by atoms with van der Waals surface area (Å²) in [5, 5.41) is 15.5. The molecule has 8 nitrogen and oxygen atoms in total. The molecule has 21 heavy (non-hydrogen) atoms. The van der Waals surface area contributed by atoms with Gasteiger partial charge in [-0.25, -0.2) is 8.42 Å². The van der Waals surface area contributed by atoms with Gasteiger partial charge in [-0.3, -0.25) is 9.40 Å². The summed E-state index contributed by atoms with van der Waals surface area (Å²) in [6.45, 7) is 0. The average molecular weight is 374 g/mol. The van der Waals surface area contributed by atoms with Crippen molar-refractivity contribution in [1.29, 1.82) is 0 Å². The number of nitrogens with one attached hydrogen (secondary N) is 1. The van der Waals surface area contributed by atoms with E-state index in [2.05, 4.69) is 30.9 Å².